The number of para-hydroxylation sites is 2. The van der Waals surface area contributed by atoms with E-state index in [9.17, 15) is 4.79 Å². The average Bonchev–Trinajstić information content (AvgIpc) is 2.55. The molecule has 0 aliphatic carbocycles. The highest BCUT2D eigenvalue weighted by molar-refractivity contribution is 5.94. The summed E-state index contributed by atoms with van der Waals surface area (Å²) in [4.78, 5) is 14.1. The van der Waals surface area contributed by atoms with E-state index < -0.39 is 0 Å². The molecule has 0 atom stereocenters. The van der Waals surface area contributed by atoms with Crippen molar-refractivity contribution in [3.05, 3.63) is 65.5 Å². The molecule has 5 heteroatoms. The summed E-state index contributed by atoms with van der Waals surface area (Å²) in [7, 11) is 1.55. The molecular weight excluding hydrogens is 278 g/mol. The standard InChI is InChI=1S/C17H17N3O2/c1-22-16-10-12-6-2-3-7-13(12)11-20(16)17(21)19-15-9-5-4-8-14(15)18/h2-10H,11,18H2,1H3,(H,19,21). The first-order valence-electron chi connectivity index (χ1n) is 6.95. The number of nitrogens with zero attached hydrogens (tertiary/aromatic N) is 1. The molecule has 0 bridgehead atoms. The van der Waals surface area contributed by atoms with Gasteiger partial charge in [0.05, 0.1) is 25.0 Å². The zero-order valence-electron chi connectivity index (χ0n) is 12.2. The van der Waals surface area contributed by atoms with E-state index in [2.05, 4.69) is 5.32 Å². The van der Waals surface area contributed by atoms with Crippen LogP contribution in [0.3, 0.4) is 0 Å². The number of anilines is 2. The molecule has 0 radical (unpaired) electrons. The van der Waals surface area contributed by atoms with Crippen LogP contribution in [0.1, 0.15) is 11.1 Å². The third-order valence-electron chi connectivity index (χ3n) is 3.59. The first-order chi connectivity index (χ1) is 10.7. The Morgan fingerprint density at radius 3 is 2.68 bits per heavy atom. The van der Waals surface area contributed by atoms with Crippen LogP contribution in [0.2, 0.25) is 0 Å². The van der Waals surface area contributed by atoms with Gasteiger partial charge in [-0.3, -0.25) is 4.90 Å². The lowest BCUT2D eigenvalue weighted by atomic mass is 10.0. The van der Waals surface area contributed by atoms with Crippen molar-refractivity contribution in [2.75, 3.05) is 18.2 Å². The normalized spacial score (nSPS) is 13.1. The van der Waals surface area contributed by atoms with Crippen molar-refractivity contribution in [1.29, 1.82) is 0 Å². The molecule has 0 saturated carbocycles. The maximum atomic E-state index is 12.5. The lowest BCUT2D eigenvalue weighted by molar-refractivity contribution is 0.159. The molecule has 1 aliphatic heterocycles. The number of urea groups is 1. The van der Waals surface area contributed by atoms with Gasteiger partial charge in [0.1, 0.15) is 0 Å². The van der Waals surface area contributed by atoms with Gasteiger partial charge in [-0.2, -0.15) is 0 Å². The number of hydrogen-bond acceptors (Lipinski definition) is 3. The lowest BCUT2D eigenvalue weighted by Crippen LogP contribution is -2.36. The van der Waals surface area contributed by atoms with Crippen molar-refractivity contribution >= 4 is 23.5 Å². The van der Waals surface area contributed by atoms with E-state index >= 15 is 0 Å². The third kappa shape index (κ3) is 2.61. The molecule has 0 fully saturated rings. The van der Waals surface area contributed by atoms with E-state index in [4.69, 9.17) is 10.5 Å². The van der Waals surface area contributed by atoms with E-state index in [-0.39, 0.29) is 6.03 Å². The smallest absolute Gasteiger partial charge is 0.329 e. The van der Waals surface area contributed by atoms with Crippen LogP contribution in [-0.2, 0) is 11.3 Å². The molecule has 3 rings (SSSR count). The highest BCUT2D eigenvalue weighted by atomic mass is 16.5. The number of carbonyl (C=O) groups is 1. The second-order valence-electron chi connectivity index (χ2n) is 4.99. The van der Waals surface area contributed by atoms with Gasteiger partial charge in [-0.25, -0.2) is 4.79 Å². The fraction of sp³-hybridized carbons (Fsp3) is 0.118. The summed E-state index contributed by atoms with van der Waals surface area (Å²) in [6.45, 7) is 0.453. The fourth-order valence-corrected chi connectivity index (χ4v) is 2.41. The number of nitrogens with two attached hydrogens (primary N) is 1. The van der Waals surface area contributed by atoms with E-state index in [1.165, 1.54) is 0 Å². The fourth-order valence-electron chi connectivity index (χ4n) is 2.41. The second-order valence-corrected chi connectivity index (χ2v) is 4.99. The molecular formula is C17H17N3O2. The number of carbonyl (C=O) groups excluding carboxylic acids is 1. The van der Waals surface area contributed by atoms with Crippen LogP contribution in [0.5, 0.6) is 0 Å². The number of amides is 2. The van der Waals surface area contributed by atoms with Gasteiger partial charge in [0, 0.05) is 6.08 Å². The number of ether oxygens (including phenoxy) is 1. The zero-order valence-corrected chi connectivity index (χ0v) is 12.2. The third-order valence-corrected chi connectivity index (χ3v) is 3.59. The van der Waals surface area contributed by atoms with Gasteiger partial charge in [-0.15, -0.1) is 0 Å². The summed E-state index contributed by atoms with van der Waals surface area (Å²) in [5.41, 5.74) is 9.10. The van der Waals surface area contributed by atoms with Crippen LogP contribution in [0.15, 0.2) is 54.4 Å². The lowest BCUT2D eigenvalue weighted by Gasteiger charge is -2.28. The molecule has 0 saturated heterocycles. The molecule has 1 heterocycles. The average molecular weight is 295 g/mol. The first-order valence-corrected chi connectivity index (χ1v) is 6.95. The predicted octanol–water partition coefficient (Wildman–Crippen LogP) is 3.26. The number of fused-ring (bicyclic) bond motifs is 1. The molecule has 2 aromatic carbocycles. The van der Waals surface area contributed by atoms with Crippen molar-refractivity contribution in [2.45, 2.75) is 6.54 Å². The maximum absolute atomic E-state index is 12.5. The van der Waals surface area contributed by atoms with E-state index in [1.54, 1.807) is 24.1 Å². The quantitative estimate of drug-likeness (QED) is 0.836. The first kappa shape index (κ1) is 14.0. The van der Waals surface area contributed by atoms with Gasteiger partial charge in [-0.1, -0.05) is 36.4 Å². The van der Waals surface area contributed by atoms with Crippen LogP contribution < -0.4 is 11.1 Å². The van der Waals surface area contributed by atoms with Crippen molar-refractivity contribution < 1.29 is 9.53 Å². The molecule has 0 unspecified atom stereocenters. The SMILES string of the molecule is COC1=Cc2ccccc2CN1C(=O)Nc1ccccc1N. The number of nitrogens with one attached hydrogen (secondary N) is 1. The minimum atomic E-state index is -0.277. The number of benzene rings is 2. The molecule has 2 aromatic rings. The van der Waals surface area contributed by atoms with Crippen molar-refractivity contribution in [3.8, 4) is 0 Å². The van der Waals surface area contributed by atoms with Gasteiger partial charge in [0.15, 0.2) is 5.88 Å². The molecule has 1 aliphatic rings. The van der Waals surface area contributed by atoms with Gasteiger partial charge in [0.25, 0.3) is 0 Å². The van der Waals surface area contributed by atoms with Gasteiger partial charge >= 0.3 is 6.03 Å². The van der Waals surface area contributed by atoms with Gasteiger partial charge in [-0.05, 0) is 23.3 Å². The topological polar surface area (TPSA) is 67.6 Å². The highest BCUT2D eigenvalue weighted by Crippen LogP contribution is 2.26. The summed E-state index contributed by atoms with van der Waals surface area (Å²) < 4.78 is 5.34. The Balaban J connectivity index is 1.86. The van der Waals surface area contributed by atoms with Crippen LogP contribution in [-0.4, -0.2) is 18.0 Å². The predicted molar refractivity (Wildman–Crippen MR) is 86.8 cm³/mol. The summed E-state index contributed by atoms with van der Waals surface area (Å²) in [6, 6.07) is 14.8. The van der Waals surface area contributed by atoms with Crippen molar-refractivity contribution in [2.24, 2.45) is 0 Å². The minimum absolute atomic E-state index is 0.277. The van der Waals surface area contributed by atoms with E-state index in [0.717, 1.165) is 11.1 Å². The number of methoxy groups -OCH3 is 1. The number of hydrogen-bond donors (Lipinski definition) is 2. The molecule has 22 heavy (non-hydrogen) atoms. The van der Waals surface area contributed by atoms with E-state index in [1.807, 2.05) is 42.5 Å². The Morgan fingerprint density at radius 1 is 1.18 bits per heavy atom. The highest BCUT2D eigenvalue weighted by Gasteiger charge is 2.24. The molecule has 0 spiro atoms. The Morgan fingerprint density at radius 2 is 1.91 bits per heavy atom. The summed E-state index contributed by atoms with van der Waals surface area (Å²) in [5.74, 6) is 0.505. The number of nitrogen functional groups attached to an aromatic ring is 1. The van der Waals surface area contributed by atoms with Crippen molar-refractivity contribution in [1.82, 2.24) is 4.90 Å². The Labute approximate surface area is 129 Å². The van der Waals surface area contributed by atoms with E-state index in [0.29, 0.717) is 23.8 Å². The Bertz CT molecular complexity index is 740. The molecule has 112 valence electrons. The van der Waals surface area contributed by atoms with Gasteiger partial charge < -0.3 is 15.8 Å². The Hall–Kier alpha value is -2.95. The molecule has 5 nitrogen and oxygen atoms in total. The zero-order chi connectivity index (χ0) is 15.5. The number of rotatable bonds is 2. The van der Waals surface area contributed by atoms with Crippen LogP contribution >= 0.6 is 0 Å². The maximum Gasteiger partial charge on any atom is 0.329 e. The summed E-state index contributed by atoms with van der Waals surface area (Å²) >= 11 is 0. The van der Waals surface area contributed by atoms with Crippen LogP contribution in [0, 0.1) is 0 Å². The second kappa shape index (κ2) is 5.81. The minimum Gasteiger partial charge on any atom is -0.482 e. The van der Waals surface area contributed by atoms with Crippen LogP contribution in [0.25, 0.3) is 6.08 Å². The van der Waals surface area contributed by atoms with Crippen molar-refractivity contribution in [3.63, 3.8) is 0 Å². The largest absolute Gasteiger partial charge is 0.482 e. The summed E-state index contributed by atoms with van der Waals surface area (Å²) in [5, 5.41) is 2.82. The summed E-state index contributed by atoms with van der Waals surface area (Å²) in [6.07, 6.45) is 1.85. The van der Waals surface area contributed by atoms with Crippen LogP contribution in [0.4, 0.5) is 16.2 Å². The van der Waals surface area contributed by atoms with Gasteiger partial charge in [0.2, 0.25) is 0 Å². The monoisotopic (exact) mass is 295 g/mol. The molecule has 3 N–H and O–H groups in total. The molecule has 2 amide bonds. The Kier molecular flexibility index (Phi) is 3.70. The molecule has 0 aromatic heterocycles.